The first kappa shape index (κ1) is 25.8. The zero-order chi connectivity index (χ0) is 26.7. The lowest BCUT2D eigenvalue weighted by Crippen LogP contribution is -2.49. The summed E-state index contributed by atoms with van der Waals surface area (Å²) >= 11 is 0.783. The number of carbonyl (C=O) groups is 3. The van der Waals surface area contributed by atoms with E-state index in [1.807, 2.05) is 75.4 Å². The number of nitrogens with two attached hydrogens (primary N) is 2. The predicted molar refractivity (Wildman–Crippen MR) is 144 cm³/mol. The Labute approximate surface area is 218 Å². The van der Waals surface area contributed by atoms with Crippen LogP contribution in [-0.4, -0.2) is 37.5 Å². The second-order valence-electron chi connectivity index (χ2n) is 9.65. The van der Waals surface area contributed by atoms with E-state index in [1.54, 1.807) is 12.3 Å². The van der Waals surface area contributed by atoms with Crippen LogP contribution in [0.15, 0.2) is 66.9 Å². The van der Waals surface area contributed by atoms with Gasteiger partial charge in [0.15, 0.2) is 5.69 Å². The molecule has 9 nitrogen and oxygen atoms in total. The summed E-state index contributed by atoms with van der Waals surface area (Å²) in [4.78, 5) is 45.5. The second-order valence-corrected chi connectivity index (χ2v) is 10.4. The summed E-state index contributed by atoms with van der Waals surface area (Å²) in [5.74, 6) is -1.73. The molecule has 2 aromatic carbocycles. The van der Waals surface area contributed by atoms with Crippen molar-refractivity contribution >= 4 is 45.8 Å². The van der Waals surface area contributed by atoms with Crippen LogP contribution in [0.5, 0.6) is 0 Å². The molecule has 0 spiro atoms. The minimum Gasteiger partial charge on any atom is -0.395 e. The van der Waals surface area contributed by atoms with Gasteiger partial charge in [-0.15, -0.1) is 0 Å². The fraction of sp³-hybridized carbons (Fsp3) is 0.222. The average molecular weight is 517 g/mol. The van der Waals surface area contributed by atoms with Gasteiger partial charge in [0.1, 0.15) is 10.9 Å². The van der Waals surface area contributed by atoms with Crippen molar-refractivity contribution < 1.29 is 14.4 Å². The van der Waals surface area contributed by atoms with Crippen LogP contribution >= 0.6 is 11.5 Å². The van der Waals surface area contributed by atoms with Crippen molar-refractivity contribution in [2.24, 2.45) is 5.73 Å². The highest BCUT2D eigenvalue weighted by Gasteiger charge is 2.36. The number of hydrogen-bond acceptors (Lipinski definition) is 7. The smallest absolute Gasteiger partial charge is 0.270 e. The Morgan fingerprint density at radius 2 is 1.78 bits per heavy atom. The summed E-state index contributed by atoms with van der Waals surface area (Å²) in [5, 5.41) is 3.84. The molecule has 10 heteroatoms. The lowest BCUT2D eigenvalue weighted by molar-refractivity contribution is -0.127. The Bertz CT molecular complexity index is 1460. The summed E-state index contributed by atoms with van der Waals surface area (Å²) < 4.78 is 3.99. The Hall–Kier alpha value is -4.31. The van der Waals surface area contributed by atoms with Crippen LogP contribution in [-0.2, 0) is 11.3 Å². The molecule has 2 heterocycles. The third-order valence-electron chi connectivity index (χ3n) is 5.61. The third-order valence-corrected chi connectivity index (χ3v) is 6.46. The standard InChI is InChI=1S/C27H28N6O3S/c1-27(2,3)31-25(35)22(18-11-12-19-17(14-18)10-7-13-30-19)33(15-16-8-5-4-6-9-16)26(36)23-20(28)21(24(29)34)32-37-23/h4-14,22H,15,28H2,1-3H3,(H2,29,34)(H,31,35)/t22-/m0/s1. The molecule has 0 unspecified atom stereocenters. The van der Waals surface area contributed by atoms with Crippen LogP contribution < -0.4 is 16.8 Å². The van der Waals surface area contributed by atoms with E-state index in [9.17, 15) is 14.4 Å². The van der Waals surface area contributed by atoms with E-state index < -0.39 is 23.4 Å². The van der Waals surface area contributed by atoms with Crippen molar-refractivity contribution in [2.75, 3.05) is 5.73 Å². The largest absolute Gasteiger partial charge is 0.395 e. The molecule has 3 amide bonds. The van der Waals surface area contributed by atoms with Gasteiger partial charge in [0, 0.05) is 23.7 Å². The summed E-state index contributed by atoms with van der Waals surface area (Å²) in [6, 6.07) is 17.5. The fourth-order valence-corrected chi connectivity index (χ4v) is 4.76. The van der Waals surface area contributed by atoms with Crippen molar-refractivity contribution in [2.45, 2.75) is 38.9 Å². The predicted octanol–water partition coefficient (Wildman–Crippen LogP) is 3.67. The molecule has 0 radical (unpaired) electrons. The molecule has 0 bridgehead atoms. The number of pyridine rings is 1. The number of rotatable bonds is 7. The van der Waals surface area contributed by atoms with E-state index in [0.717, 1.165) is 28.0 Å². The molecule has 0 aliphatic heterocycles. The van der Waals surface area contributed by atoms with Crippen molar-refractivity contribution in [3.8, 4) is 0 Å². The lowest BCUT2D eigenvalue weighted by atomic mass is 9.99. The number of anilines is 1. The number of benzene rings is 2. The number of fused-ring (bicyclic) bond motifs is 1. The third kappa shape index (κ3) is 5.75. The SMILES string of the molecule is CC(C)(C)NC(=O)[C@H](c1ccc2ncccc2c1)N(Cc1ccccc1)C(=O)c1snc(C(N)=O)c1N. The molecule has 0 saturated carbocycles. The Kier molecular flexibility index (Phi) is 7.21. The maximum Gasteiger partial charge on any atom is 0.270 e. The van der Waals surface area contributed by atoms with E-state index in [1.165, 1.54) is 4.90 Å². The first-order valence-electron chi connectivity index (χ1n) is 11.6. The van der Waals surface area contributed by atoms with Crippen molar-refractivity contribution in [1.29, 1.82) is 0 Å². The minimum absolute atomic E-state index is 0.0424. The highest BCUT2D eigenvalue weighted by atomic mass is 32.1. The number of aromatic nitrogens is 2. The highest BCUT2D eigenvalue weighted by molar-refractivity contribution is 7.09. The number of nitrogens with zero attached hydrogens (tertiary/aromatic N) is 3. The van der Waals surface area contributed by atoms with Gasteiger partial charge >= 0.3 is 0 Å². The van der Waals surface area contributed by atoms with Gasteiger partial charge in [-0.2, -0.15) is 4.37 Å². The van der Waals surface area contributed by atoms with Gasteiger partial charge in [0.25, 0.3) is 11.8 Å². The molecular weight excluding hydrogens is 488 g/mol. The van der Waals surface area contributed by atoms with Crippen LogP contribution in [0.2, 0.25) is 0 Å². The highest BCUT2D eigenvalue weighted by Crippen LogP contribution is 2.31. The van der Waals surface area contributed by atoms with Crippen LogP contribution in [0, 0.1) is 0 Å². The quantitative estimate of drug-likeness (QED) is 0.342. The number of amides is 3. The average Bonchev–Trinajstić information content (AvgIpc) is 3.24. The number of nitrogen functional groups attached to an aromatic ring is 1. The molecule has 37 heavy (non-hydrogen) atoms. The summed E-state index contributed by atoms with van der Waals surface area (Å²) in [6.07, 6.45) is 1.69. The Morgan fingerprint density at radius 1 is 1.05 bits per heavy atom. The lowest BCUT2D eigenvalue weighted by Gasteiger charge is -2.33. The van der Waals surface area contributed by atoms with E-state index in [4.69, 9.17) is 11.5 Å². The van der Waals surface area contributed by atoms with Crippen LogP contribution in [0.1, 0.15) is 58.1 Å². The topological polar surface area (TPSA) is 144 Å². The van der Waals surface area contributed by atoms with Crippen molar-refractivity contribution in [1.82, 2.24) is 19.6 Å². The number of hydrogen-bond donors (Lipinski definition) is 3. The van der Waals surface area contributed by atoms with Crippen molar-refractivity contribution in [3.05, 3.63) is 88.6 Å². The van der Waals surface area contributed by atoms with E-state index in [2.05, 4.69) is 14.7 Å². The Morgan fingerprint density at radius 3 is 2.43 bits per heavy atom. The van der Waals surface area contributed by atoms with E-state index in [0.29, 0.717) is 5.56 Å². The first-order chi connectivity index (χ1) is 17.5. The molecule has 1 atom stereocenters. The summed E-state index contributed by atoms with van der Waals surface area (Å²) in [7, 11) is 0. The molecule has 5 N–H and O–H groups in total. The Balaban J connectivity index is 1.88. The number of carbonyl (C=O) groups excluding carboxylic acids is 3. The molecule has 0 fully saturated rings. The van der Waals surface area contributed by atoms with Gasteiger partial charge < -0.3 is 21.7 Å². The van der Waals surface area contributed by atoms with Gasteiger partial charge in [-0.25, -0.2) is 0 Å². The minimum atomic E-state index is -1.02. The summed E-state index contributed by atoms with van der Waals surface area (Å²) in [6.45, 7) is 5.72. The van der Waals surface area contributed by atoms with Crippen LogP contribution in [0.3, 0.4) is 0 Å². The monoisotopic (exact) mass is 516 g/mol. The zero-order valence-corrected chi connectivity index (χ0v) is 21.6. The molecule has 190 valence electrons. The van der Waals surface area contributed by atoms with Gasteiger partial charge in [-0.05, 0) is 61.6 Å². The van der Waals surface area contributed by atoms with Crippen LogP contribution in [0.25, 0.3) is 10.9 Å². The first-order valence-corrected chi connectivity index (χ1v) is 12.4. The normalized spacial score (nSPS) is 12.2. The zero-order valence-electron chi connectivity index (χ0n) is 20.8. The summed E-state index contributed by atoms with van der Waals surface area (Å²) in [5.41, 5.74) is 12.9. The molecule has 4 aromatic rings. The van der Waals surface area contributed by atoms with Gasteiger partial charge in [-0.1, -0.05) is 42.5 Å². The van der Waals surface area contributed by atoms with E-state index in [-0.39, 0.29) is 28.7 Å². The van der Waals surface area contributed by atoms with Crippen molar-refractivity contribution in [3.63, 3.8) is 0 Å². The second kappa shape index (κ2) is 10.4. The number of nitrogens with one attached hydrogen (secondary N) is 1. The van der Waals surface area contributed by atoms with Gasteiger partial charge in [0.05, 0.1) is 11.2 Å². The molecule has 0 aliphatic rings. The van der Waals surface area contributed by atoms with Crippen LogP contribution in [0.4, 0.5) is 5.69 Å². The fourth-order valence-electron chi connectivity index (χ4n) is 4.00. The van der Waals surface area contributed by atoms with E-state index >= 15 is 0 Å². The number of primary amides is 1. The van der Waals surface area contributed by atoms with Gasteiger partial charge in [0.2, 0.25) is 5.91 Å². The maximum atomic E-state index is 14.0. The molecule has 0 aliphatic carbocycles. The molecule has 2 aromatic heterocycles. The maximum absolute atomic E-state index is 14.0. The molecular formula is C27H28N6O3S. The molecule has 0 saturated heterocycles. The van der Waals surface area contributed by atoms with Gasteiger partial charge in [-0.3, -0.25) is 19.4 Å². The molecule has 4 rings (SSSR count).